The van der Waals surface area contributed by atoms with E-state index in [0.29, 0.717) is 25.6 Å². The van der Waals surface area contributed by atoms with Gasteiger partial charge in [-0.05, 0) is 43.6 Å². The molecule has 2 heterocycles. The molecule has 138 valence electrons. The Hall–Kier alpha value is -2.60. The van der Waals surface area contributed by atoms with Crippen LogP contribution in [0.5, 0.6) is 11.6 Å². The fourth-order valence-electron chi connectivity index (χ4n) is 2.84. The molecule has 1 amide bonds. The number of hydrogen-bond donors (Lipinski definition) is 2. The summed E-state index contributed by atoms with van der Waals surface area (Å²) >= 11 is 0. The van der Waals surface area contributed by atoms with Gasteiger partial charge in [0.05, 0.1) is 0 Å². The van der Waals surface area contributed by atoms with E-state index >= 15 is 0 Å². The van der Waals surface area contributed by atoms with Crippen molar-refractivity contribution in [3.8, 4) is 11.6 Å². The van der Waals surface area contributed by atoms with Crippen LogP contribution in [-0.4, -0.2) is 37.2 Å². The first kappa shape index (κ1) is 18.2. The van der Waals surface area contributed by atoms with Gasteiger partial charge in [-0.1, -0.05) is 24.3 Å². The molecule has 1 aromatic carbocycles. The van der Waals surface area contributed by atoms with Gasteiger partial charge in [0.25, 0.3) is 0 Å². The summed E-state index contributed by atoms with van der Waals surface area (Å²) in [5.74, 6) is 1.63. The molecule has 6 heteroatoms. The topological polar surface area (TPSA) is 72.5 Å². The highest BCUT2D eigenvalue weighted by Crippen LogP contribution is 2.13. The molecular weight excluding hydrogens is 330 g/mol. The maximum absolute atomic E-state index is 12.1. The molecule has 0 spiro atoms. The second kappa shape index (κ2) is 9.77. The summed E-state index contributed by atoms with van der Waals surface area (Å²) in [5.41, 5.74) is 0.958. The summed E-state index contributed by atoms with van der Waals surface area (Å²) in [6.45, 7) is 3.21. The van der Waals surface area contributed by atoms with Crippen LogP contribution in [0.1, 0.15) is 18.4 Å². The molecule has 0 radical (unpaired) electrons. The van der Waals surface area contributed by atoms with Crippen LogP contribution in [0.3, 0.4) is 0 Å². The van der Waals surface area contributed by atoms with Crippen LogP contribution in [0.4, 0.5) is 0 Å². The van der Waals surface area contributed by atoms with Crippen molar-refractivity contribution in [3.05, 3.63) is 54.2 Å². The van der Waals surface area contributed by atoms with E-state index < -0.39 is 0 Å². The molecule has 26 heavy (non-hydrogen) atoms. The first-order valence-corrected chi connectivity index (χ1v) is 9.05. The molecule has 1 aliphatic heterocycles. The van der Waals surface area contributed by atoms with E-state index in [1.807, 2.05) is 42.5 Å². The number of para-hydroxylation sites is 1. The summed E-state index contributed by atoms with van der Waals surface area (Å²) in [6, 6.07) is 13.4. The minimum absolute atomic E-state index is 0.122. The second-order valence-electron chi connectivity index (χ2n) is 6.26. The van der Waals surface area contributed by atoms with Gasteiger partial charge in [-0.3, -0.25) is 4.79 Å². The van der Waals surface area contributed by atoms with Gasteiger partial charge in [0.1, 0.15) is 19.0 Å². The third kappa shape index (κ3) is 5.74. The second-order valence-corrected chi connectivity index (χ2v) is 6.26. The number of aromatic nitrogens is 1. The van der Waals surface area contributed by atoms with Crippen LogP contribution in [0.2, 0.25) is 0 Å². The zero-order valence-electron chi connectivity index (χ0n) is 14.8. The van der Waals surface area contributed by atoms with Crippen LogP contribution in [0, 0.1) is 5.92 Å². The molecule has 1 aromatic heterocycles. The van der Waals surface area contributed by atoms with Gasteiger partial charge >= 0.3 is 0 Å². The summed E-state index contributed by atoms with van der Waals surface area (Å²) in [6.07, 6.45) is 3.54. The highest BCUT2D eigenvalue weighted by Gasteiger charge is 2.20. The Kier molecular flexibility index (Phi) is 6.84. The van der Waals surface area contributed by atoms with Crippen molar-refractivity contribution in [2.75, 3.05) is 26.3 Å². The van der Waals surface area contributed by atoms with Crippen LogP contribution in [0.15, 0.2) is 48.7 Å². The standard InChI is InChI=1S/C20H25N3O3/c24-20(17-8-10-21-11-9-17)23-15-16-6-7-19(22-14-16)26-13-12-25-18-4-2-1-3-5-18/h1-7,14,17,21H,8-13,15H2,(H,23,24). The van der Waals surface area contributed by atoms with Crippen molar-refractivity contribution in [2.24, 2.45) is 5.92 Å². The van der Waals surface area contributed by atoms with Gasteiger partial charge in [-0.15, -0.1) is 0 Å². The molecule has 0 saturated carbocycles. The van der Waals surface area contributed by atoms with Crippen molar-refractivity contribution in [1.29, 1.82) is 0 Å². The lowest BCUT2D eigenvalue weighted by atomic mass is 9.97. The number of hydrogen-bond acceptors (Lipinski definition) is 5. The molecule has 0 aliphatic carbocycles. The molecule has 3 rings (SSSR count). The predicted molar refractivity (Wildman–Crippen MR) is 99.1 cm³/mol. The third-order valence-corrected chi connectivity index (χ3v) is 4.32. The van der Waals surface area contributed by atoms with E-state index in [2.05, 4.69) is 15.6 Å². The van der Waals surface area contributed by atoms with Crippen molar-refractivity contribution in [3.63, 3.8) is 0 Å². The van der Waals surface area contributed by atoms with E-state index in [1.54, 1.807) is 6.20 Å². The fourth-order valence-corrected chi connectivity index (χ4v) is 2.84. The number of nitrogens with zero attached hydrogens (tertiary/aromatic N) is 1. The van der Waals surface area contributed by atoms with Gasteiger partial charge in [0.15, 0.2) is 0 Å². The Bertz CT molecular complexity index is 670. The lowest BCUT2D eigenvalue weighted by Gasteiger charge is -2.21. The number of rotatable bonds is 8. The third-order valence-electron chi connectivity index (χ3n) is 4.32. The number of carbonyl (C=O) groups is 1. The Labute approximate surface area is 153 Å². The zero-order chi connectivity index (χ0) is 18.0. The monoisotopic (exact) mass is 355 g/mol. The molecular formula is C20H25N3O3. The molecule has 0 unspecified atom stereocenters. The quantitative estimate of drug-likeness (QED) is 0.710. The van der Waals surface area contributed by atoms with Gasteiger partial charge in [0, 0.05) is 24.7 Å². The lowest BCUT2D eigenvalue weighted by molar-refractivity contribution is -0.125. The first-order chi connectivity index (χ1) is 12.8. The smallest absolute Gasteiger partial charge is 0.223 e. The van der Waals surface area contributed by atoms with E-state index in [4.69, 9.17) is 9.47 Å². The van der Waals surface area contributed by atoms with Crippen LogP contribution in [0.25, 0.3) is 0 Å². The highest BCUT2D eigenvalue weighted by atomic mass is 16.5. The number of amides is 1. The average molecular weight is 355 g/mol. The summed E-state index contributed by atoms with van der Waals surface area (Å²) in [4.78, 5) is 16.4. The number of carbonyl (C=O) groups excluding carboxylic acids is 1. The minimum atomic E-state index is 0.122. The van der Waals surface area contributed by atoms with Gasteiger partial charge in [-0.2, -0.15) is 0 Å². The maximum Gasteiger partial charge on any atom is 0.223 e. The van der Waals surface area contributed by atoms with E-state index in [-0.39, 0.29) is 11.8 Å². The van der Waals surface area contributed by atoms with Crippen LogP contribution >= 0.6 is 0 Å². The summed E-state index contributed by atoms with van der Waals surface area (Å²) in [7, 11) is 0. The van der Waals surface area contributed by atoms with Crippen molar-refractivity contribution < 1.29 is 14.3 Å². The number of nitrogens with one attached hydrogen (secondary N) is 2. The SMILES string of the molecule is O=C(NCc1ccc(OCCOc2ccccc2)nc1)C1CCNCC1. The van der Waals surface area contributed by atoms with E-state index in [1.165, 1.54) is 0 Å². The van der Waals surface area contributed by atoms with Crippen LogP contribution < -0.4 is 20.1 Å². The molecule has 0 bridgehead atoms. The minimum Gasteiger partial charge on any atom is -0.490 e. The van der Waals surface area contributed by atoms with Crippen LogP contribution in [-0.2, 0) is 11.3 Å². The number of ether oxygens (including phenoxy) is 2. The molecule has 2 N–H and O–H groups in total. The van der Waals surface area contributed by atoms with Crippen molar-refractivity contribution >= 4 is 5.91 Å². The molecule has 0 atom stereocenters. The molecule has 1 aliphatic rings. The largest absolute Gasteiger partial charge is 0.490 e. The van der Waals surface area contributed by atoms with Crippen molar-refractivity contribution in [1.82, 2.24) is 15.6 Å². The summed E-state index contributed by atoms with van der Waals surface area (Å²) in [5, 5.41) is 6.26. The number of benzene rings is 1. The lowest BCUT2D eigenvalue weighted by Crippen LogP contribution is -2.37. The van der Waals surface area contributed by atoms with Gasteiger partial charge < -0.3 is 20.1 Å². The average Bonchev–Trinajstić information content (AvgIpc) is 2.72. The zero-order valence-corrected chi connectivity index (χ0v) is 14.8. The highest BCUT2D eigenvalue weighted by molar-refractivity contribution is 5.78. The maximum atomic E-state index is 12.1. The predicted octanol–water partition coefficient (Wildman–Crippen LogP) is 2.16. The fraction of sp³-hybridized carbons (Fsp3) is 0.400. The number of piperidine rings is 1. The number of pyridine rings is 1. The Balaban J connectivity index is 1.35. The Morgan fingerprint density at radius 3 is 2.58 bits per heavy atom. The molecule has 1 saturated heterocycles. The van der Waals surface area contributed by atoms with Gasteiger partial charge in [-0.25, -0.2) is 4.98 Å². The van der Waals surface area contributed by atoms with E-state index in [9.17, 15) is 4.79 Å². The molecule has 6 nitrogen and oxygen atoms in total. The van der Waals surface area contributed by atoms with Gasteiger partial charge in [0.2, 0.25) is 11.8 Å². The molecule has 2 aromatic rings. The van der Waals surface area contributed by atoms with Crippen molar-refractivity contribution in [2.45, 2.75) is 19.4 Å². The Morgan fingerprint density at radius 1 is 1.08 bits per heavy atom. The first-order valence-electron chi connectivity index (χ1n) is 9.05. The Morgan fingerprint density at radius 2 is 1.85 bits per heavy atom. The molecule has 1 fully saturated rings. The summed E-state index contributed by atoms with van der Waals surface area (Å²) < 4.78 is 11.1. The normalized spacial score (nSPS) is 14.6. The van der Waals surface area contributed by atoms with E-state index in [0.717, 1.165) is 37.2 Å².